The maximum Gasteiger partial charge on any atom is 0.417 e. The lowest BCUT2D eigenvalue weighted by Crippen LogP contribution is -2.60. The number of unbranched alkanes of at least 4 members (excludes halogenated alkanes) is 1. The number of para-hydroxylation sites is 1. The number of hydrogen-bond donors (Lipinski definition) is 3. The van der Waals surface area contributed by atoms with E-state index in [1.165, 1.54) is 4.90 Å². The summed E-state index contributed by atoms with van der Waals surface area (Å²) >= 11 is 1.60. The van der Waals surface area contributed by atoms with Gasteiger partial charge >= 0.3 is 6.09 Å². The van der Waals surface area contributed by atoms with E-state index in [4.69, 9.17) is 10.6 Å². The molecule has 0 fully saturated rings. The molecule has 3 aromatic carbocycles. The number of nitrogens with zero attached hydrogens (tertiary/aromatic N) is 2. The maximum absolute atomic E-state index is 14.9. The normalized spacial score (nSPS) is 12.3. The van der Waals surface area contributed by atoms with Crippen LogP contribution in [0.3, 0.4) is 0 Å². The minimum absolute atomic E-state index is 0.0432. The van der Waals surface area contributed by atoms with Gasteiger partial charge in [-0.25, -0.2) is 15.5 Å². The van der Waals surface area contributed by atoms with Gasteiger partial charge in [0.05, 0.1) is 6.61 Å². The summed E-state index contributed by atoms with van der Waals surface area (Å²) in [6.45, 7) is 5.80. The third-order valence-electron chi connectivity index (χ3n) is 8.78. The molecule has 0 radical (unpaired) electrons. The van der Waals surface area contributed by atoms with Crippen molar-refractivity contribution in [2.75, 3.05) is 13.7 Å². The number of carbonyl (C=O) groups excluding carboxylic acids is 4. The predicted molar refractivity (Wildman–Crippen MR) is 196 cm³/mol. The molecule has 0 aliphatic carbocycles. The number of imide groups is 1. The predicted octanol–water partition coefficient (Wildman–Crippen LogP) is 6.56. The number of benzene rings is 3. The number of likely N-dealkylation sites (N-methyl/N-ethyl adjacent to an activating group) is 1. The number of rotatable bonds is 13. The highest BCUT2D eigenvalue weighted by Crippen LogP contribution is 2.26. The van der Waals surface area contributed by atoms with Crippen molar-refractivity contribution in [3.05, 3.63) is 118 Å². The van der Waals surface area contributed by atoms with Gasteiger partial charge in [-0.15, -0.1) is 0 Å². The third kappa shape index (κ3) is 8.30. The van der Waals surface area contributed by atoms with Gasteiger partial charge in [0.2, 0.25) is 0 Å². The van der Waals surface area contributed by atoms with Crippen molar-refractivity contribution < 1.29 is 23.9 Å². The van der Waals surface area contributed by atoms with Crippen LogP contribution in [0.25, 0.3) is 22.0 Å². The first-order valence-electron chi connectivity index (χ1n) is 16.6. The molecule has 11 heteroatoms. The average Bonchev–Trinajstić information content (AvgIpc) is 3.80. The lowest BCUT2D eigenvalue weighted by Gasteiger charge is -2.35. The second-order valence-corrected chi connectivity index (χ2v) is 13.3. The number of nitrogens with one attached hydrogen (secondary N) is 2. The Hall–Kier alpha value is -5.26. The molecular weight excluding hydrogens is 651 g/mol. The average molecular weight is 694 g/mol. The third-order valence-corrected chi connectivity index (χ3v) is 9.46. The molecule has 4 amide bonds. The Balaban J connectivity index is 1.57. The van der Waals surface area contributed by atoms with Crippen molar-refractivity contribution in [2.45, 2.75) is 58.5 Å². The molecule has 5 rings (SSSR count). The summed E-state index contributed by atoms with van der Waals surface area (Å²) in [7, 11) is 1.54. The second-order valence-electron chi connectivity index (χ2n) is 12.5. The van der Waals surface area contributed by atoms with E-state index < -0.39 is 35.9 Å². The zero-order chi connectivity index (χ0) is 35.8. The summed E-state index contributed by atoms with van der Waals surface area (Å²) in [5, 5.41) is 4.89. The Morgan fingerprint density at radius 1 is 0.920 bits per heavy atom. The highest BCUT2D eigenvalue weighted by Gasteiger charge is 2.42. The number of nitrogens with two attached hydrogens (primary N) is 1. The van der Waals surface area contributed by atoms with Crippen molar-refractivity contribution in [1.82, 2.24) is 20.2 Å². The molecule has 10 nitrogen and oxygen atoms in total. The van der Waals surface area contributed by atoms with Gasteiger partial charge < -0.3 is 14.6 Å². The Morgan fingerprint density at radius 3 is 2.30 bits per heavy atom. The summed E-state index contributed by atoms with van der Waals surface area (Å²) in [4.78, 5) is 61.9. The van der Waals surface area contributed by atoms with Gasteiger partial charge in [-0.05, 0) is 77.5 Å². The van der Waals surface area contributed by atoms with Crippen LogP contribution < -0.4 is 11.3 Å². The van der Waals surface area contributed by atoms with Crippen LogP contribution >= 0.6 is 11.3 Å². The first-order valence-corrected chi connectivity index (χ1v) is 17.6. The molecule has 0 aliphatic rings. The molecule has 0 saturated heterocycles. The van der Waals surface area contributed by atoms with Crippen molar-refractivity contribution >= 4 is 46.1 Å². The number of hydrazine groups is 1. The van der Waals surface area contributed by atoms with E-state index in [0.29, 0.717) is 17.5 Å². The number of hydrogen-bond acceptors (Lipinski definition) is 7. The SMILES string of the molecule is CCCCOC(=O)N(C(=O)[C@H](Cc1ccc(-c2ccsc2)cc1)N(C)C(=O)c1cc(C)cc(C)c1)[C@@H](Cc1c[nH]c2ccccc12)C(=O)NN. The minimum atomic E-state index is -1.38. The van der Waals surface area contributed by atoms with Crippen LogP contribution in [0.15, 0.2) is 89.8 Å². The molecular formula is C39H43N5O5S. The van der Waals surface area contributed by atoms with Gasteiger partial charge in [0.25, 0.3) is 17.7 Å². The summed E-state index contributed by atoms with van der Waals surface area (Å²) < 4.78 is 5.60. The Bertz CT molecular complexity index is 1930. The van der Waals surface area contributed by atoms with Crippen LogP contribution in [0.1, 0.15) is 52.4 Å². The molecule has 0 bridgehead atoms. The highest BCUT2D eigenvalue weighted by atomic mass is 32.1. The largest absolute Gasteiger partial charge is 0.449 e. The van der Waals surface area contributed by atoms with E-state index in [9.17, 15) is 19.2 Å². The number of carbonyl (C=O) groups is 4. The molecule has 260 valence electrons. The zero-order valence-corrected chi connectivity index (χ0v) is 29.6. The number of ether oxygens (including phenoxy) is 1. The fourth-order valence-corrected chi connectivity index (χ4v) is 6.79. The molecule has 5 aromatic rings. The first-order chi connectivity index (χ1) is 24.1. The van der Waals surface area contributed by atoms with Crippen LogP contribution in [0, 0.1) is 13.8 Å². The van der Waals surface area contributed by atoms with Gasteiger partial charge in [0.1, 0.15) is 12.1 Å². The minimum Gasteiger partial charge on any atom is -0.449 e. The number of fused-ring (bicyclic) bond motifs is 1. The lowest BCUT2D eigenvalue weighted by molar-refractivity contribution is -0.141. The number of aromatic nitrogens is 1. The molecule has 0 unspecified atom stereocenters. The Kier molecular flexibility index (Phi) is 11.8. The summed E-state index contributed by atoms with van der Waals surface area (Å²) in [5.74, 6) is 3.76. The lowest BCUT2D eigenvalue weighted by atomic mass is 9.98. The Labute approximate surface area is 296 Å². The van der Waals surface area contributed by atoms with Gasteiger partial charge in [-0.2, -0.15) is 11.3 Å². The van der Waals surface area contributed by atoms with E-state index in [1.807, 2.05) is 86.8 Å². The van der Waals surface area contributed by atoms with E-state index in [1.54, 1.807) is 36.7 Å². The quantitative estimate of drug-likeness (QED) is 0.0553. The first kappa shape index (κ1) is 36.0. The van der Waals surface area contributed by atoms with Crippen LogP contribution in [0.4, 0.5) is 4.79 Å². The molecule has 0 aliphatic heterocycles. The smallest absolute Gasteiger partial charge is 0.417 e. The highest BCUT2D eigenvalue weighted by molar-refractivity contribution is 7.08. The zero-order valence-electron chi connectivity index (χ0n) is 28.8. The number of amides is 4. The van der Waals surface area contributed by atoms with Gasteiger partial charge in [-0.1, -0.05) is 73.0 Å². The second kappa shape index (κ2) is 16.4. The van der Waals surface area contributed by atoms with Crippen LogP contribution in [-0.2, 0) is 27.2 Å². The molecule has 2 heterocycles. The van der Waals surface area contributed by atoms with E-state index in [-0.39, 0.29) is 19.4 Å². The van der Waals surface area contributed by atoms with Crippen LogP contribution in [0.5, 0.6) is 0 Å². The van der Waals surface area contributed by atoms with Crippen molar-refractivity contribution in [3.63, 3.8) is 0 Å². The van der Waals surface area contributed by atoms with Crippen molar-refractivity contribution in [2.24, 2.45) is 5.84 Å². The fraction of sp³-hybridized carbons (Fsp3) is 0.282. The van der Waals surface area contributed by atoms with Crippen molar-refractivity contribution in [1.29, 1.82) is 0 Å². The summed E-state index contributed by atoms with van der Waals surface area (Å²) in [6, 6.07) is 20.2. The number of aromatic amines is 1. The van der Waals surface area contributed by atoms with Gasteiger partial charge in [0, 0.05) is 42.6 Å². The molecule has 2 atom stereocenters. The molecule has 0 saturated carbocycles. The molecule has 50 heavy (non-hydrogen) atoms. The number of aryl methyl sites for hydroxylation is 2. The van der Waals surface area contributed by atoms with E-state index in [0.717, 1.165) is 50.0 Å². The van der Waals surface area contributed by atoms with Crippen LogP contribution in [-0.4, -0.2) is 64.3 Å². The molecule has 2 aromatic heterocycles. The summed E-state index contributed by atoms with van der Waals surface area (Å²) in [5.41, 5.74) is 8.73. The topological polar surface area (TPSA) is 138 Å². The number of thiophene rings is 1. The van der Waals surface area contributed by atoms with E-state index >= 15 is 0 Å². The summed E-state index contributed by atoms with van der Waals surface area (Å²) in [6.07, 6.45) is 2.10. The van der Waals surface area contributed by atoms with Crippen molar-refractivity contribution in [3.8, 4) is 11.1 Å². The Morgan fingerprint density at radius 2 is 1.64 bits per heavy atom. The molecule has 0 spiro atoms. The van der Waals surface area contributed by atoms with Gasteiger partial charge in [0.15, 0.2) is 0 Å². The maximum atomic E-state index is 14.9. The van der Waals surface area contributed by atoms with Gasteiger partial charge in [-0.3, -0.25) is 19.8 Å². The van der Waals surface area contributed by atoms with E-state index in [2.05, 4.69) is 15.8 Å². The number of H-pyrrole nitrogens is 1. The van der Waals surface area contributed by atoms with Crippen LogP contribution in [0.2, 0.25) is 0 Å². The monoisotopic (exact) mass is 693 g/mol. The fourth-order valence-electron chi connectivity index (χ4n) is 6.13. The molecule has 4 N–H and O–H groups in total. The standard InChI is InChI=1S/C39H43N5O5S/c1-5-6-16-49-39(48)44(34(36(45)42-40)22-31-23-41-33-10-8-7-9-32(31)33)38(47)35(43(4)37(46)30-19-25(2)18-26(3)20-30)21-27-11-13-28(14-12-27)29-15-17-50-24-29/h7-15,17-20,23-24,34-35,41H,5-6,16,21-22,40H2,1-4H3,(H,42,45)/t34-,35-/m0/s1.